The van der Waals surface area contributed by atoms with Crippen molar-refractivity contribution >= 4 is 33.7 Å². The van der Waals surface area contributed by atoms with Crippen molar-refractivity contribution in [2.75, 3.05) is 6.61 Å². The zero-order valence-electron chi connectivity index (χ0n) is 16.9. The van der Waals surface area contributed by atoms with Crippen molar-refractivity contribution in [1.29, 1.82) is 0 Å². The number of rotatable bonds is 7. The number of hydrogen-bond donors (Lipinski definition) is 2. The minimum absolute atomic E-state index is 0.139. The van der Waals surface area contributed by atoms with Crippen LogP contribution in [0.25, 0.3) is 21.8 Å². The Kier molecular flexibility index (Phi) is 5.59. The van der Waals surface area contributed by atoms with Crippen LogP contribution in [0.5, 0.6) is 11.5 Å². The van der Waals surface area contributed by atoms with E-state index in [-0.39, 0.29) is 23.6 Å². The third-order valence-corrected chi connectivity index (χ3v) is 4.97. The lowest BCUT2D eigenvalue weighted by Gasteiger charge is -2.12. The Morgan fingerprint density at radius 3 is 2.30 bits per heavy atom. The van der Waals surface area contributed by atoms with Gasteiger partial charge in [-0.3, -0.25) is 4.79 Å². The predicted molar refractivity (Wildman–Crippen MR) is 113 cm³/mol. The summed E-state index contributed by atoms with van der Waals surface area (Å²) in [5, 5.41) is 9.95. The molecule has 3 N–H and O–H groups in total. The molecule has 3 aromatic carbocycles. The average Bonchev–Trinajstić information content (AvgIpc) is 3.05. The molecule has 1 heterocycles. The van der Waals surface area contributed by atoms with Crippen LogP contribution in [0.1, 0.15) is 15.9 Å². The molecule has 7 nitrogen and oxygen atoms in total. The van der Waals surface area contributed by atoms with Gasteiger partial charge in [-0.1, -0.05) is 24.3 Å². The molecule has 170 valence electrons. The Labute approximate surface area is 184 Å². The van der Waals surface area contributed by atoms with Crippen LogP contribution in [0, 0.1) is 0 Å². The number of aromatic nitrogens is 1. The lowest BCUT2D eigenvalue weighted by Crippen LogP contribution is -2.17. The van der Waals surface area contributed by atoms with Crippen molar-refractivity contribution in [3.8, 4) is 11.5 Å². The molecule has 33 heavy (non-hydrogen) atoms. The summed E-state index contributed by atoms with van der Waals surface area (Å²) in [6, 6.07) is 15.4. The van der Waals surface area contributed by atoms with Crippen LogP contribution >= 0.6 is 0 Å². The van der Waals surface area contributed by atoms with E-state index in [0.29, 0.717) is 27.4 Å². The summed E-state index contributed by atoms with van der Waals surface area (Å²) in [7, 11) is 0. The number of amides is 1. The number of carboxylic acid groups (broad SMARTS) is 1. The summed E-state index contributed by atoms with van der Waals surface area (Å²) < 4.78 is 49.2. The van der Waals surface area contributed by atoms with Gasteiger partial charge in [0, 0.05) is 17.5 Å². The number of alkyl halides is 3. The third kappa shape index (κ3) is 4.54. The van der Waals surface area contributed by atoms with E-state index in [9.17, 15) is 22.8 Å². The molecular formula is C23H17F3N2O5. The van der Waals surface area contributed by atoms with E-state index >= 15 is 0 Å². The molecular weight excluding hydrogens is 441 g/mol. The van der Waals surface area contributed by atoms with Gasteiger partial charge in [-0.2, -0.15) is 0 Å². The van der Waals surface area contributed by atoms with E-state index in [2.05, 4.69) is 4.74 Å². The number of carboxylic acids is 1. The number of hydrogen-bond acceptors (Lipinski definition) is 4. The van der Waals surface area contributed by atoms with Gasteiger partial charge in [-0.15, -0.1) is 13.2 Å². The summed E-state index contributed by atoms with van der Waals surface area (Å²) >= 11 is 0. The van der Waals surface area contributed by atoms with E-state index in [1.807, 2.05) is 0 Å². The van der Waals surface area contributed by atoms with Crippen molar-refractivity contribution in [2.45, 2.75) is 12.9 Å². The molecule has 0 bridgehead atoms. The van der Waals surface area contributed by atoms with Crippen LogP contribution in [0.2, 0.25) is 0 Å². The maximum absolute atomic E-state index is 12.6. The first-order valence-corrected chi connectivity index (χ1v) is 9.67. The van der Waals surface area contributed by atoms with E-state index in [0.717, 1.165) is 0 Å². The molecule has 0 saturated heterocycles. The summed E-state index contributed by atoms with van der Waals surface area (Å²) in [5.74, 6) is -1.98. The highest BCUT2D eigenvalue weighted by molar-refractivity contribution is 6.19. The molecule has 0 radical (unpaired) electrons. The second kappa shape index (κ2) is 8.38. The Hall–Kier alpha value is -4.21. The van der Waals surface area contributed by atoms with Gasteiger partial charge in [-0.05, 0) is 42.0 Å². The van der Waals surface area contributed by atoms with Crippen molar-refractivity contribution in [2.24, 2.45) is 5.73 Å². The smallest absolute Gasteiger partial charge is 0.481 e. The number of carbonyl (C=O) groups is 2. The maximum Gasteiger partial charge on any atom is 0.573 e. The maximum atomic E-state index is 12.6. The lowest BCUT2D eigenvalue weighted by molar-refractivity contribution is -0.274. The monoisotopic (exact) mass is 458 g/mol. The number of primary amides is 1. The van der Waals surface area contributed by atoms with Crippen molar-refractivity contribution in [3.63, 3.8) is 0 Å². The number of fused-ring (bicyclic) bond motifs is 3. The largest absolute Gasteiger partial charge is 0.573 e. The SMILES string of the molecule is NC(=O)c1cccc2c1c1c(OCC(=O)O)cccc1n2Cc1cccc(OC(F)(F)F)c1. The minimum atomic E-state index is -4.82. The fourth-order valence-corrected chi connectivity index (χ4v) is 3.81. The summed E-state index contributed by atoms with van der Waals surface area (Å²) in [5.41, 5.74) is 7.46. The summed E-state index contributed by atoms with van der Waals surface area (Å²) in [6.07, 6.45) is -4.82. The van der Waals surface area contributed by atoms with Crippen LogP contribution in [-0.4, -0.2) is 34.5 Å². The van der Waals surface area contributed by atoms with Gasteiger partial charge in [0.1, 0.15) is 11.5 Å². The van der Waals surface area contributed by atoms with Crippen molar-refractivity contribution < 1.29 is 37.3 Å². The molecule has 0 aliphatic heterocycles. The van der Waals surface area contributed by atoms with Crippen molar-refractivity contribution in [1.82, 2.24) is 4.57 Å². The highest BCUT2D eigenvalue weighted by atomic mass is 19.4. The Bertz CT molecular complexity index is 1380. The molecule has 0 unspecified atom stereocenters. The second-order valence-corrected chi connectivity index (χ2v) is 7.18. The molecule has 1 amide bonds. The molecule has 0 aliphatic carbocycles. The van der Waals surface area contributed by atoms with Crippen LogP contribution in [0.3, 0.4) is 0 Å². The first-order chi connectivity index (χ1) is 15.6. The van der Waals surface area contributed by atoms with E-state index in [4.69, 9.17) is 15.6 Å². The van der Waals surface area contributed by atoms with Gasteiger partial charge in [0.05, 0.1) is 16.4 Å². The fourth-order valence-electron chi connectivity index (χ4n) is 3.81. The highest BCUT2D eigenvalue weighted by Gasteiger charge is 2.31. The number of benzene rings is 3. The number of nitrogens with two attached hydrogens (primary N) is 1. The first kappa shape index (κ1) is 22.0. The van der Waals surface area contributed by atoms with E-state index < -0.39 is 24.8 Å². The number of aliphatic carboxylic acids is 1. The normalized spacial score (nSPS) is 11.6. The molecule has 4 rings (SSSR count). The first-order valence-electron chi connectivity index (χ1n) is 9.67. The van der Waals surface area contributed by atoms with Crippen LogP contribution in [0.15, 0.2) is 60.7 Å². The molecule has 10 heteroatoms. The highest BCUT2D eigenvalue weighted by Crippen LogP contribution is 2.38. The molecule has 4 aromatic rings. The Morgan fingerprint density at radius 1 is 0.970 bits per heavy atom. The predicted octanol–water partition coefficient (Wildman–Crippen LogP) is 4.30. The van der Waals surface area contributed by atoms with Crippen LogP contribution < -0.4 is 15.2 Å². The van der Waals surface area contributed by atoms with E-state index in [1.165, 1.54) is 18.2 Å². The zero-order valence-corrected chi connectivity index (χ0v) is 16.9. The molecule has 0 saturated carbocycles. The molecule has 0 aliphatic rings. The topological polar surface area (TPSA) is 104 Å². The zero-order chi connectivity index (χ0) is 23.8. The van der Waals surface area contributed by atoms with Crippen molar-refractivity contribution in [3.05, 3.63) is 71.8 Å². The van der Waals surface area contributed by atoms with E-state index in [1.54, 1.807) is 47.0 Å². The summed E-state index contributed by atoms with van der Waals surface area (Å²) in [4.78, 5) is 23.2. The fraction of sp³-hybridized carbons (Fsp3) is 0.130. The standard InChI is InChI=1S/C23H17F3N2O5/c24-23(25,26)33-14-5-1-4-13(10-14)11-28-16-7-2-6-15(22(27)31)20(16)21-17(28)8-3-9-18(21)32-12-19(29)30/h1-10H,11-12H2,(H2,27,31)(H,29,30). The number of halogens is 3. The minimum Gasteiger partial charge on any atom is -0.481 e. The third-order valence-electron chi connectivity index (χ3n) is 4.97. The van der Waals surface area contributed by atoms with Gasteiger partial charge >= 0.3 is 12.3 Å². The number of carbonyl (C=O) groups excluding carboxylic acids is 1. The molecule has 0 fully saturated rings. The Morgan fingerprint density at radius 2 is 1.64 bits per heavy atom. The van der Waals surface area contributed by atoms with Gasteiger partial charge in [0.25, 0.3) is 0 Å². The molecule has 0 spiro atoms. The van der Waals surface area contributed by atoms with Crippen LogP contribution in [0.4, 0.5) is 13.2 Å². The number of ether oxygens (including phenoxy) is 2. The van der Waals surface area contributed by atoms with Gasteiger partial charge < -0.3 is 24.9 Å². The van der Waals surface area contributed by atoms with Gasteiger partial charge in [0.15, 0.2) is 6.61 Å². The molecule has 0 atom stereocenters. The van der Waals surface area contributed by atoms with Crippen LogP contribution in [-0.2, 0) is 11.3 Å². The second-order valence-electron chi connectivity index (χ2n) is 7.18. The summed E-state index contributed by atoms with van der Waals surface area (Å²) in [6.45, 7) is -0.457. The number of nitrogens with zero attached hydrogens (tertiary/aromatic N) is 1. The van der Waals surface area contributed by atoms with Gasteiger partial charge in [0.2, 0.25) is 5.91 Å². The quantitative estimate of drug-likeness (QED) is 0.430. The average molecular weight is 458 g/mol. The van der Waals surface area contributed by atoms with Gasteiger partial charge in [-0.25, -0.2) is 4.79 Å². The Balaban J connectivity index is 1.91. The lowest BCUT2D eigenvalue weighted by atomic mass is 10.1. The molecule has 1 aromatic heterocycles.